The first kappa shape index (κ1) is 29.3. The Balaban J connectivity index is 1.26. The molecule has 3 amide bonds. The molecular weight excluding hydrogens is 574 g/mol. The van der Waals surface area contributed by atoms with Crippen LogP contribution in [0.25, 0.3) is 21.1 Å². The number of rotatable bonds is 7. The molecule has 0 aliphatic rings. The summed E-state index contributed by atoms with van der Waals surface area (Å²) in [6.45, 7) is 7.25. The maximum atomic E-state index is 13.1. The first-order chi connectivity index (χ1) is 20.4. The van der Waals surface area contributed by atoms with Crippen molar-refractivity contribution in [1.82, 2.24) is 9.55 Å². The number of esters is 1. The Morgan fingerprint density at radius 3 is 2.40 bits per heavy atom. The van der Waals surface area contributed by atoms with E-state index in [1.807, 2.05) is 6.07 Å². The SMILES string of the molecule is CCOC(=O)c1nc(NC(=O)c2cc3cc(NC(=O)c4cc5cc(NC(=O)OC(C)(C)C)ccc5s4)ccc3o2)cn1C. The second kappa shape index (κ2) is 11.6. The van der Waals surface area contributed by atoms with E-state index in [9.17, 15) is 19.2 Å². The van der Waals surface area contributed by atoms with Crippen molar-refractivity contribution < 1.29 is 33.1 Å². The third-order valence-corrected chi connectivity index (χ3v) is 7.07. The predicted molar refractivity (Wildman–Crippen MR) is 163 cm³/mol. The number of carbonyl (C=O) groups excluding carboxylic acids is 4. The minimum absolute atomic E-state index is 0.0297. The average Bonchev–Trinajstić information content (AvgIpc) is 3.63. The van der Waals surface area contributed by atoms with E-state index in [1.54, 1.807) is 77.2 Å². The lowest BCUT2D eigenvalue weighted by atomic mass is 10.2. The van der Waals surface area contributed by atoms with Gasteiger partial charge in [-0.25, -0.2) is 14.6 Å². The molecule has 12 nitrogen and oxygen atoms in total. The van der Waals surface area contributed by atoms with Crippen LogP contribution in [0.15, 0.2) is 59.1 Å². The second-order valence-corrected chi connectivity index (χ2v) is 11.6. The molecule has 43 heavy (non-hydrogen) atoms. The van der Waals surface area contributed by atoms with Crippen LogP contribution >= 0.6 is 11.3 Å². The van der Waals surface area contributed by atoms with Crippen molar-refractivity contribution in [2.75, 3.05) is 22.6 Å². The van der Waals surface area contributed by atoms with E-state index in [-0.39, 0.29) is 29.9 Å². The van der Waals surface area contributed by atoms with Crippen molar-refractivity contribution in [3.8, 4) is 0 Å². The molecule has 0 radical (unpaired) electrons. The Kier molecular flexibility index (Phi) is 7.91. The molecule has 0 fully saturated rings. The van der Waals surface area contributed by atoms with E-state index >= 15 is 0 Å². The number of aromatic nitrogens is 2. The summed E-state index contributed by atoms with van der Waals surface area (Å²) in [7, 11) is 1.62. The van der Waals surface area contributed by atoms with Crippen LogP contribution in [-0.4, -0.2) is 45.6 Å². The number of thiophene rings is 1. The Hall–Kier alpha value is -5.17. The lowest BCUT2D eigenvalue weighted by Gasteiger charge is -2.19. The predicted octanol–water partition coefficient (Wildman–Crippen LogP) is 6.41. The lowest BCUT2D eigenvalue weighted by Crippen LogP contribution is -2.27. The van der Waals surface area contributed by atoms with Gasteiger partial charge in [-0.05, 0) is 81.6 Å². The fourth-order valence-corrected chi connectivity index (χ4v) is 5.11. The van der Waals surface area contributed by atoms with Crippen molar-refractivity contribution in [3.05, 3.63) is 71.2 Å². The van der Waals surface area contributed by atoms with E-state index in [0.29, 0.717) is 27.2 Å². The zero-order valence-electron chi connectivity index (χ0n) is 24.1. The van der Waals surface area contributed by atoms with Gasteiger partial charge in [0, 0.05) is 34.7 Å². The highest BCUT2D eigenvalue weighted by Gasteiger charge is 2.20. The molecule has 0 atom stereocenters. The third kappa shape index (κ3) is 6.84. The zero-order chi connectivity index (χ0) is 30.9. The van der Waals surface area contributed by atoms with Gasteiger partial charge >= 0.3 is 12.1 Å². The summed E-state index contributed by atoms with van der Waals surface area (Å²) >= 11 is 1.32. The van der Waals surface area contributed by atoms with Gasteiger partial charge in [-0.1, -0.05) is 0 Å². The van der Waals surface area contributed by atoms with Gasteiger partial charge < -0.3 is 29.1 Å². The standard InChI is InChI=1S/C30H29N5O7S/c1-6-40-28(38)25-33-24(15-35(25)5)34-26(36)21-13-16-11-18(7-9-20(16)41-21)31-27(37)23-14-17-12-19(8-10-22(17)43-23)32-29(39)42-30(2,3)4/h7-15H,6H2,1-5H3,(H,31,37)(H,32,39)(H,34,36). The van der Waals surface area contributed by atoms with Crippen LogP contribution in [0.4, 0.5) is 22.0 Å². The molecule has 5 aromatic rings. The lowest BCUT2D eigenvalue weighted by molar-refractivity contribution is 0.0507. The number of carbonyl (C=O) groups is 4. The Bertz CT molecular complexity index is 1880. The van der Waals surface area contributed by atoms with Gasteiger partial charge in [0.15, 0.2) is 11.6 Å². The quantitative estimate of drug-likeness (QED) is 0.180. The summed E-state index contributed by atoms with van der Waals surface area (Å²) in [5.74, 6) is -1.21. The number of fused-ring (bicyclic) bond motifs is 2. The van der Waals surface area contributed by atoms with Gasteiger partial charge in [0.25, 0.3) is 11.8 Å². The van der Waals surface area contributed by atoms with Gasteiger partial charge in [0.1, 0.15) is 11.2 Å². The van der Waals surface area contributed by atoms with Crippen LogP contribution in [-0.2, 0) is 16.5 Å². The van der Waals surface area contributed by atoms with Crippen LogP contribution < -0.4 is 16.0 Å². The molecule has 0 unspecified atom stereocenters. The summed E-state index contributed by atoms with van der Waals surface area (Å²) in [5.41, 5.74) is 0.896. The van der Waals surface area contributed by atoms with Crippen LogP contribution in [0, 0.1) is 0 Å². The molecule has 0 aliphatic heterocycles. The molecule has 0 saturated heterocycles. The molecule has 5 rings (SSSR count). The number of ether oxygens (including phenoxy) is 2. The zero-order valence-corrected chi connectivity index (χ0v) is 24.9. The largest absolute Gasteiger partial charge is 0.460 e. The van der Waals surface area contributed by atoms with Crippen molar-refractivity contribution in [2.24, 2.45) is 7.05 Å². The molecule has 3 N–H and O–H groups in total. The maximum Gasteiger partial charge on any atom is 0.412 e. The first-order valence-corrected chi connectivity index (χ1v) is 14.1. The van der Waals surface area contributed by atoms with E-state index < -0.39 is 23.6 Å². The van der Waals surface area contributed by atoms with Gasteiger partial charge in [-0.15, -0.1) is 11.3 Å². The van der Waals surface area contributed by atoms with Crippen LogP contribution in [0.2, 0.25) is 0 Å². The van der Waals surface area contributed by atoms with Crippen molar-refractivity contribution in [1.29, 1.82) is 0 Å². The number of hydrogen-bond donors (Lipinski definition) is 3. The number of anilines is 3. The third-order valence-electron chi connectivity index (χ3n) is 5.96. The smallest absolute Gasteiger partial charge is 0.412 e. The minimum Gasteiger partial charge on any atom is -0.460 e. The molecule has 3 aromatic heterocycles. The second-order valence-electron chi connectivity index (χ2n) is 10.5. The van der Waals surface area contributed by atoms with Crippen LogP contribution in [0.3, 0.4) is 0 Å². The van der Waals surface area contributed by atoms with E-state index in [2.05, 4.69) is 20.9 Å². The molecular formula is C30H29N5O7S. The van der Waals surface area contributed by atoms with Gasteiger partial charge in [0.2, 0.25) is 5.82 Å². The van der Waals surface area contributed by atoms with Gasteiger partial charge in [-0.3, -0.25) is 14.9 Å². The Labute approximate surface area is 250 Å². The summed E-state index contributed by atoms with van der Waals surface area (Å²) in [6, 6.07) is 13.7. The number of nitrogens with one attached hydrogen (secondary N) is 3. The van der Waals surface area contributed by atoms with E-state index in [0.717, 1.165) is 10.1 Å². The number of nitrogens with zero attached hydrogens (tertiary/aromatic N) is 2. The minimum atomic E-state index is -0.619. The number of amides is 3. The summed E-state index contributed by atoms with van der Waals surface area (Å²) in [6.07, 6.45) is 0.933. The fourth-order valence-electron chi connectivity index (χ4n) is 4.17. The Morgan fingerprint density at radius 1 is 0.930 bits per heavy atom. The van der Waals surface area contributed by atoms with Crippen molar-refractivity contribution in [3.63, 3.8) is 0 Å². The van der Waals surface area contributed by atoms with Gasteiger partial charge in [-0.2, -0.15) is 0 Å². The first-order valence-electron chi connectivity index (χ1n) is 13.3. The summed E-state index contributed by atoms with van der Waals surface area (Å²) in [5, 5.41) is 9.59. The number of furan rings is 1. The molecule has 0 aliphatic carbocycles. The molecule has 13 heteroatoms. The molecule has 0 saturated carbocycles. The number of imidazole rings is 1. The normalized spacial score (nSPS) is 11.4. The number of hydrogen-bond acceptors (Lipinski definition) is 9. The fraction of sp³-hybridized carbons (Fsp3) is 0.233. The van der Waals surface area contributed by atoms with Crippen LogP contribution in [0.1, 0.15) is 58.5 Å². The average molecular weight is 604 g/mol. The van der Waals surface area contributed by atoms with Crippen LogP contribution in [0.5, 0.6) is 0 Å². The van der Waals surface area contributed by atoms with E-state index in [4.69, 9.17) is 13.9 Å². The molecule has 0 bridgehead atoms. The van der Waals surface area contributed by atoms with Crippen molar-refractivity contribution >= 4 is 73.5 Å². The highest BCUT2D eigenvalue weighted by molar-refractivity contribution is 7.20. The molecule has 2 aromatic carbocycles. The van der Waals surface area contributed by atoms with Crippen molar-refractivity contribution in [2.45, 2.75) is 33.3 Å². The monoisotopic (exact) mass is 603 g/mol. The highest BCUT2D eigenvalue weighted by Crippen LogP contribution is 2.30. The molecule has 222 valence electrons. The number of aryl methyl sites for hydroxylation is 1. The summed E-state index contributed by atoms with van der Waals surface area (Å²) < 4.78 is 18.3. The summed E-state index contributed by atoms with van der Waals surface area (Å²) in [4.78, 5) is 54.6. The topological polar surface area (TPSA) is 154 Å². The maximum absolute atomic E-state index is 13.1. The highest BCUT2D eigenvalue weighted by atomic mass is 32.1. The van der Waals surface area contributed by atoms with Gasteiger partial charge in [0.05, 0.1) is 11.5 Å². The Morgan fingerprint density at radius 2 is 1.65 bits per heavy atom. The number of benzene rings is 2. The molecule has 3 heterocycles. The van der Waals surface area contributed by atoms with E-state index in [1.165, 1.54) is 22.1 Å². The molecule has 0 spiro atoms.